The molecule has 0 bridgehead atoms. The minimum Gasteiger partial charge on any atom is -0.382 e. The molecule has 1 aromatic rings. The number of hydrogen-bond acceptors (Lipinski definition) is 3. The molecule has 1 rings (SSSR count). The van der Waals surface area contributed by atoms with Gasteiger partial charge in [-0.15, -0.1) is 0 Å². The lowest BCUT2D eigenvalue weighted by Gasteiger charge is -2.11. The van der Waals surface area contributed by atoms with Crippen LogP contribution < -0.4 is 10.6 Å². The standard InChI is InChI=1S/C14H16ClF3N2O3/c1-2-23-7-3-6-19-12(21)13(22)20-9-4-5-11(15)10(8-9)14(16,17)18/h4-5,8H,2-3,6-7H2,1H3,(H,19,21)(H,20,22). The molecule has 5 nitrogen and oxygen atoms in total. The van der Waals surface area contributed by atoms with Gasteiger partial charge in [-0.2, -0.15) is 13.2 Å². The Morgan fingerprint density at radius 1 is 1.26 bits per heavy atom. The van der Waals surface area contributed by atoms with Gasteiger partial charge in [0.1, 0.15) is 0 Å². The van der Waals surface area contributed by atoms with E-state index in [0.29, 0.717) is 25.7 Å². The Morgan fingerprint density at radius 3 is 2.57 bits per heavy atom. The Bertz CT molecular complexity index is 565. The monoisotopic (exact) mass is 352 g/mol. The van der Waals surface area contributed by atoms with E-state index in [1.807, 2.05) is 6.92 Å². The second kappa shape index (κ2) is 8.73. The summed E-state index contributed by atoms with van der Waals surface area (Å²) in [5.74, 6) is -2.00. The Kier molecular flexibility index (Phi) is 7.31. The SMILES string of the molecule is CCOCCCNC(=O)C(=O)Nc1ccc(Cl)c(C(F)(F)F)c1. The lowest BCUT2D eigenvalue weighted by molar-refractivity contribution is -0.137. The number of amides is 2. The normalized spacial score (nSPS) is 11.2. The number of nitrogens with one attached hydrogen (secondary N) is 2. The maximum absolute atomic E-state index is 12.7. The average molecular weight is 353 g/mol. The lowest BCUT2D eigenvalue weighted by Crippen LogP contribution is -2.36. The van der Waals surface area contributed by atoms with Crippen molar-refractivity contribution in [3.05, 3.63) is 28.8 Å². The molecule has 9 heteroatoms. The van der Waals surface area contributed by atoms with E-state index in [1.165, 1.54) is 6.07 Å². The first-order chi connectivity index (χ1) is 10.8. The molecule has 0 saturated carbocycles. The van der Waals surface area contributed by atoms with Crippen molar-refractivity contribution >= 4 is 29.1 Å². The molecule has 23 heavy (non-hydrogen) atoms. The van der Waals surface area contributed by atoms with Gasteiger partial charge in [-0.3, -0.25) is 9.59 Å². The molecule has 0 aliphatic carbocycles. The summed E-state index contributed by atoms with van der Waals surface area (Å²) in [7, 11) is 0. The van der Waals surface area contributed by atoms with Gasteiger partial charge < -0.3 is 15.4 Å². The molecule has 0 aliphatic rings. The van der Waals surface area contributed by atoms with Crippen LogP contribution in [0.3, 0.4) is 0 Å². The fourth-order valence-corrected chi connectivity index (χ4v) is 1.83. The van der Waals surface area contributed by atoms with Crippen LogP contribution in [-0.2, 0) is 20.5 Å². The highest BCUT2D eigenvalue weighted by Crippen LogP contribution is 2.36. The van der Waals surface area contributed by atoms with Crippen LogP contribution in [0.25, 0.3) is 0 Å². The third-order valence-electron chi connectivity index (χ3n) is 2.69. The summed E-state index contributed by atoms with van der Waals surface area (Å²) in [5.41, 5.74) is -1.26. The molecule has 0 atom stereocenters. The summed E-state index contributed by atoms with van der Waals surface area (Å²) in [5, 5.41) is 3.94. The van der Waals surface area contributed by atoms with Gasteiger partial charge in [0.05, 0.1) is 10.6 Å². The number of alkyl halides is 3. The first kappa shape index (κ1) is 19.2. The van der Waals surface area contributed by atoms with E-state index < -0.39 is 28.6 Å². The fraction of sp³-hybridized carbons (Fsp3) is 0.429. The number of halogens is 4. The van der Waals surface area contributed by atoms with Crippen molar-refractivity contribution in [2.24, 2.45) is 0 Å². The number of carbonyl (C=O) groups excluding carboxylic acids is 2. The Hall–Kier alpha value is -1.80. The summed E-state index contributed by atoms with van der Waals surface area (Å²) < 4.78 is 43.2. The third kappa shape index (κ3) is 6.45. The molecule has 2 amide bonds. The summed E-state index contributed by atoms with van der Waals surface area (Å²) in [6, 6.07) is 2.85. The molecule has 0 unspecified atom stereocenters. The van der Waals surface area contributed by atoms with Gasteiger partial charge >= 0.3 is 18.0 Å². The molecule has 0 radical (unpaired) electrons. The highest BCUT2D eigenvalue weighted by molar-refractivity contribution is 6.39. The molecular formula is C14H16ClF3N2O3. The minimum atomic E-state index is -4.65. The Balaban J connectivity index is 2.58. The van der Waals surface area contributed by atoms with Gasteiger partial charge in [-0.25, -0.2) is 0 Å². The molecule has 2 N–H and O–H groups in total. The van der Waals surface area contributed by atoms with Crippen LogP contribution in [0, 0.1) is 0 Å². The van der Waals surface area contributed by atoms with Gasteiger partial charge in [0.2, 0.25) is 0 Å². The van der Waals surface area contributed by atoms with Crippen LogP contribution in [0.15, 0.2) is 18.2 Å². The zero-order valence-electron chi connectivity index (χ0n) is 12.3. The Labute approximate surface area is 136 Å². The number of anilines is 1. The molecule has 0 aliphatic heterocycles. The highest BCUT2D eigenvalue weighted by Gasteiger charge is 2.33. The van der Waals surface area contributed by atoms with E-state index in [4.69, 9.17) is 16.3 Å². The van der Waals surface area contributed by atoms with Crippen molar-refractivity contribution < 1.29 is 27.5 Å². The first-order valence-corrected chi connectivity index (χ1v) is 7.17. The van der Waals surface area contributed by atoms with Crippen LogP contribution in [0.5, 0.6) is 0 Å². The van der Waals surface area contributed by atoms with E-state index in [0.717, 1.165) is 6.07 Å². The van der Waals surface area contributed by atoms with Crippen LogP contribution >= 0.6 is 11.6 Å². The van der Waals surface area contributed by atoms with E-state index in [2.05, 4.69) is 10.6 Å². The molecule has 0 aromatic heterocycles. The van der Waals surface area contributed by atoms with Crippen LogP contribution in [-0.4, -0.2) is 31.6 Å². The maximum atomic E-state index is 12.7. The zero-order valence-corrected chi connectivity index (χ0v) is 13.1. The van der Waals surface area contributed by atoms with Crippen molar-refractivity contribution in [2.75, 3.05) is 25.1 Å². The molecular weight excluding hydrogens is 337 g/mol. The van der Waals surface area contributed by atoms with Crippen molar-refractivity contribution in [1.29, 1.82) is 0 Å². The smallest absolute Gasteiger partial charge is 0.382 e. The van der Waals surface area contributed by atoms with E-state index >= 15 is 0 Å². The quantitative estimate of drug-likeness (QED) is 0.611. The summed E-state index contributed by atoms with van der Waals surface area (Å²) in [6.07, 6.45) is -4.13. The number of rotatable bonds is 6. The van der Waals surface area contributed by atoms with Gasteiger partial charge in [0.15, 0.2) is 0 Å². The average Bonchev–Trinajstić information content (AvgIpc) is 2.47. The second-order valence-electron chi connectivity index (χ2n) is 4.45. The zero-order chi connectivity index (χ0) is 17.5. The second-order valence-corrected chi connectivity index (χ2v) is 4.86. The molecule has 0 fully saturated rings. The van der Waals surface area contributed by atoms with Crippen LogP contribution in [0.2, 0.25) is 5.02 Å². The first-order valence-electron chi connectivity index (χ1n) is 6.79. The predicted molar refractivity (Wildman–Crippen MR) is 79.2 cm³/mol. The molecule has 128 valence electrons. The predicted octanol–water partition coefficient (Wildman–Crippen LogP) is 2.84. The number of ether oxygens (including phenoxy) is 1. The molecule has 0 saturated heterocycles. The molecule has 0 spiro atoms. The van der Waals surface area contributed by atoms with E-state index in [-0.39, 0.29) is 12.2 Å². The lowest BCUT2D eigenvalue weighted by atomic mass is 10.2. The fourth-order valence-electron chi connectivity index (χ4n) is 1.61. The van der Waals surface area contributed by atoms with E-state index in [9.17, 15) is 22.8 Å². The largest absolute Gasteiger partial charge is 0.417 e. The van der Waals surface area contributed by atoms with Crippen molar-refractivity contribution in [1.82, 2.24) is 5.32 Å². The van der Waals surface area contributed by atoms with Crippen LogP contribution in [0.1, 0.15) is 18.9 Å². The summed E-state index contributed by atoms with van der Waals surface area (Å²) in [4.78, 5) is 23.1. The summed E-state index contributed by atoms with van der Waals surface area (Å²) >= 11 is 5.47. The number of carbonyl (C=O) groups is 2. The Morgan fingerprint density at radius 2 is 1.96 bits per heavy atom. The number of benzene rings is 1. The maximum Gasteiger partial charge on any atom is 0.417 e. The van der Waals surface area contributed by atoms with Crippen molar-refractivity contribution in [2.45, 2.75) is 19.5 Å². The third-order valence-corrected chi connectivity index (χ3v) is 3.02. The number of hydrogen-bond donors (Lipinski definition) is 2. The summed E-state index contributed by atoms with van der Waals surface area (Å²) in [6.45, 7) is 3.03. The van der Waals surface area contributed by atoms with Crippen LogP contribution in [0.4, 0.5) is 18.9 Å². The van der Waals surface area contributed by atoms with E-state index in [1.54, 1.807) is 0 Å². The van der Waals surface area contributed by atoms with Gasteiger partial charge in [-0.1, -0.05) is 11.6 Å². The van der Waals surface area contributed by atoms with Gasteiger partial charge in [0, 0.05) is 25.4 Å². The highest BCUT2D eigenvalue weighted by atomic mass is 35.5. The molecule has 1 aromatic carbocycles. The van der Waals surface area contributed by atoms with Crippen molar-refractivity contribution in [3.63, 3.8) is 0 Å². The minimum absolute atomic E-state index is 0.170. The topological polar surface area (TPSA) is 67.4 Å². The van der Waals surface area contributed by atoms with Crippen molar-refractivity contribution in [3.8, 4) is 0 Å². The van der Waals surface area contributed by atoms with Gasteiger partial charge in [0.25, 0.3) is 0 Å². The van der Waals surface area contributed by atoms with Gasteiger partial charge in [-0.05, 0) is 31.5 Å². The molecule has 0 heterocycles.